The molecule has 0 saturated heterocycles. The Balaban J connectivity index is 2.12. The van der Waals surface area contributed by atoms with Crippen LogP contribution < -0.4 is 14.8 Å². The molecule has 0 bridgehead atoms. The van der Waals surface area contributed by atoms with E-state index >= 15 is 0 Å². The van der Waals surface area contributed by atoms with Crippen molar-refractivity contribution in [2.75, 3.05) is 17.1 Å². The molecule has 0 aliphatic heterocycles. The van der Waals surface area contributed by atoms with Crippen LogP contribution in [0, 0.1) is 20.8 Å². The van der Waals surface area contributed by atoms with Crippen LogP contribution >= 0.6 is 0 Å². The molecule has 0 aliphatic rings. The summed E-state index contributed by atoms with van der Waals surface area (Å²) in [6, 6.07) is 10.2. The minimum atomic E-state index is -3.98. The van der Waals surface area contributed by atoms with Crippen LogP contribution in [-0.4, -0.2) is 26.6 Å². The standard InChI is InChI=1S/C21H23N3O5S/c1-12-7-6-8-13(2)20(12)24-30(26,27)18-11-16(9-10-17(18)28-5)19-14(3)23-29-21(19)22-15(4)25/h6-11,24H,1-5H3,(H,22,25). The number of amides is 1. The van der Waals surface area contributed by atoms with Crippen molar-refractivity contribution in [3.05, 3.63) is 53.2 Å². The number of aromatic nitrogens is 1. The third-order valence-electron chi connectivity index (χ3n) is 4.61. The number of aryl methyl sites for hydroxylation is 3. The lowest BCUT2D eigenvalue weighted by atomic mass is 10.1. The van der Waals surface area contributed by atoms with Crippen LogP contribution in [0.5, 0.6) is 5.75 Å². The summed E-state index contributed by atoms with van der Waals surface area (Å²) in [5, 5.41) is 6.46. The van der Waals surface area contributed by atoms with Gasteiger partial charge in [-0.3, -0.25) is 14.8 Å². The minimum absolute atomic E-state index is 0.0421. The maximum atomic E-state index is 13.3. The number of methoxy groups -OCH3 is 1. The zero-order valence-electron chi connectivity index (χ0n) is 17.4. The molecule has 30 heavy (non-hydrogen) atoms. The quantitative estimate of drug-likeness (QED) is 0.612. The van der Waals surface area contributed by atoms with Gasteiger partial charge in [-0.25, -0.2) is 8.42 Å². The third-order valence-corrected chi connectivity index (χ3v) is 5.98. The van der Waals surface area contributed by atoms with E-state index in [1.165, 1.54) is 20.1 Å². The first kappa shape index (κ1) is 21.4. The van der Waals surface area contributed by atoms with E-state index in [0.717, 1.165) is 11.1 Å². The fourth-order valence-corrected chi connectivity index (χ4v) is 4.56. The second-order valence-electron chi connectivity index (χ2n) is 6.89. The van der Waals surface area contributed by atoms with Gasteiger partial charge in [0.15, 0.2) is 0 Å². The molecule has 1 heterocycles. The minimum Gasteiger partial charge on any atom is -0.495 e. The van der Waals surface area contributed by atoms with E-state index in [1.54, 1.807) is 19.1 Å². The zero-order valence-corrected chi connectivity index (χ0v) is 18.2. The van der Waals surface area contributed by atoms with E-state index in [0.29, 0.717) is 22.5 Å². The van der Waals surface area contributed by atoms with E-state index in [9.17, 15) is 13.2 Å². The predicted octanol–water partition coefficient (Wildman–Crippen LogP) is 4.03. The monoisotopic (exact) mass is 429 g/mol. The second kappa shape index (κ2) is 8.19. The largest absolute Gasteiger partial charge is 0.495 e. The van der Waals surface area contributed by atoms with Crippen LogP contribution in [0.3, 0.4) is 0 Å². The molecule has 2 aromatic carbocycles. The Bertz CT molecular complexity index is 1200. The molecule has 3 aromatic rings. The lowest BCUT2D eigenvalue weighted by Crippen LogP contribution is -2.16. The number of nitrogens with zero attached hydrogens (tertiary/aromatic N) is 1. The molecule has 0 fully saturated rings. The van der Waals surface area contributed by atoms with Crippen molar-refractivity contribution in [3.63, 3.8) is 0 Å². The number of hydrogen-bond acceptors (Lipinski definition) is 6. The molecule has 0 aliphatic carbocycles. The van der Waals surface area contributed by atoms with Crippen molar-refractivity contribution in [2.24, 2.45) is 0 Å². The third kappa shape index (κ3) is 4.16. The predicted molar refractivity (Wildman–Crippen MR) is 114 cm³/mol. The molecule has 0 atom stereocenters. The summed E-state index contributed by atoms with van der Waals surface area (Å²) in [5.74, 6) is 0.00865. The van der Waals surface area contributed by atoms with Gasteiger partial charge in [0.1, 0.15) is 10.6 Å². The maximum absolute atomic E-state index is 13.3. The van der Waals surface area contributed by atoms with Gasteiger partial charge in [0.05, 0.1) is 24.1 Å². The Kier molecular flexibility index (Phi) is 5.84. The average Bonchev–Trinajstić information content (AvgIpc) is 3.03. The average molecular weight is 429 g/mol. The molecule has 8 nitrogen and oxygen atoms in total. The van der Waals surface area contributed by atoms with Gasteiger partial charge in [-0.05, 0) is 49.6 Å². The maximum Gasteiger partial charge on any atom is 0.265 e. The number of nitrogens with one attached hydrogen (secondary N) is 2. The highest BCUT2D eigenvalue weighted by Crippen LogP contribution is 2.36. The van der Waals surface area contributed by atoms with Crippen LogP contribution in [0.1, 0.15) is 23.7 Å². The number of carbonyl (C=O) groups excluding carboxylic acids is 1. The van der Waals surface area contributed by atoms with Gasteiger partial charge in [-0.1, -0.05) is 29.4 Å². The van der Waals surface area contributed by atoms with E-state index in [1.807, 2.05) is 32.0 Å². The highest BCUT2D eigenvalue weighted by molar-refractivity contribution is 7.92. The van der Waals surface area contributed by atoms with Gasteiger partial charge in [-0.2, -0.15) is 0 Å². The molecule has 0 saturated carbocycles. The summed E-state index contributed by atoms with van der Waals surface area (Å²) in [6.45, 7) is 6.72. The van der Waals surface area contributed by atoms with Crippen LogP contribution in [0.2, 0.25) is 0 Å². The second-order valence-corrected chi connectivity index (χ2v) is 8.54. The van der Waals surface area contributed by atoms with Gasteiger partial charge in [0.2, 0.25) is 11.8 Å². The van der Waals surface area contributed by atoms with E-state index in [4.69, 9.17) is 9.26 Å². The topological polar surface area (TPSA) is 111 Å². The van der Waals surface area contributed by atoms with E-state index in [-0.39, 0.29) is 22.4 Å². The molecule has 0 radical (unpaired) electrons. The number of carbonyl (C=O) groups is 1. The van der Waals surface area contributed by atoms with Gasteiger partial charge in [0.25, 0.3) is 10.0 Å². The summed E-state index contributed by atoms with van der Waals surface area (Å²) in [5.41, 5.74) is 3.64. The molecule has 1 amide bonds. The normalized spacial score (nSPS) is 11.2. The Morgan fingerprint density at radius 3 is 2.37 bits per heavy atom. The van der Waals surface area contributed by atoms with Crippen LogP contribution in [0.25, 0.3) is 11.1 Å². The molecule has 3 rings (SSSR count). The highest BCUT2D eigenvalue weighted by Gasteiger charge is 2.24. The molecule has 0 spiro atoms. The van der Waals surface area contributed by atoms with Crippen LogP contribution in [0.4, 0.5) is 11.6 Å². The summed E-state index contributed by atoms with van der Waals surface area (Å²) >= 11 is 0. The van der Waals surface area contributed by atoms with Crippen LogP contribution in [0.15, 0.2) is 45.8 Å². The lowest BCUT2D eigenvalue weighted by Gasteiger charge is -2.16. The number of para-hydroxylation sites is 1. The Hall–Kier alpha value is -3.33. The SMILES string of the molecule is COc1ccc(-c2c(C)noc2NC(C)=O)cc1S(=O)(=O)Nc1c(C)cccc1C. The molecular weight excluding hydrogens is 406 g/mol. The zero-order chi connectivity index (χ0) is 22.1. The Morgan fingerprint density at radius 1 is 1.10 bits per heavy atom. The Labute approximate surface area is 175 Å². The first-order valence-electron chi connectivity index (χ1n) is 9.15. The summed E-state index contributed by atoms with van der Waals surface area (Å²) in [7, 11) is -2.57. The molecule has 158 valence electrons. The summed E-state index contributed by atoms with van der Waals surface area (Å²) in [6.07, 6.45) is 0. The van der Waals surface area contributed by atoms with Gasteiger partial charge in [0, 0.05) is 6.92 Å². The summed E-state index contributed by atoms with van der Waals surface area (Å²) in [4.78, 5) is 11.4. The first-order chi connectivity index (χ1) is 14.1. The fraction of sp³-hybridized carbons (Fsp3) is 0.238. The van der Waals surface area contributed by atoms with Crippen molar-refractivity contribution in [3.8, 4) is 16.9 Å². The molecule has 0 unspecified atom stereocenters. The van der Waals surface area contributed by atoms with Gasteiger partial charge in [-0.15, -0.1) is 0 Å². The van der Waals surface area contributed by atoms with Crippen LogP contribution in [-0.2, 0) is 14.8 Å². The number of sulfonamides is 1. The number of anilines is 2. The Morgan fingerprint density at radius 2 is 1.77 bits per heavy atom. The smallest absolute Gasteiger partial charge is 0.265 e. The lowest BCUT2D eigenvalue weighted by molar-refractivity contribution is -0.114. The van der Waals surface area contributed by atoms with Gasteiger partial charge < -0.3 is 9.26 Å². The number of rotatable bonds is 6. The first-order valence-corrected chi connectivity index (χ1v) is 10.6. The molecule has 2 N–H and O–H groups in total. The van der Waals surface area contributed by atoms with E-state index in [2.05, 4.69) is 15.2 Å². The van der Waals surface area contributed by atoms with Crippen molar-refractivity contribution >= 4 is 27.5 Å². The number of hydrogen-bond donors (Lipinski definition) is 2. The number of ether oxygens (including phenoxy) is 1. The van der Waals surface area contributed by atoms with Crippen molar-refractivity contribution in [2.45, 2.75) is 32.6 Å². The highest BCUT2D eigenvalue weighted by atomic mass is 32.2. The number of benzene rings is 2. The summed E-state index contributed by atoms with van der Waals surface area (Å²) < 4.78 is 39.7. The molecular formula is C21H23N3O5S. The van der Waals surface area contributed by atoms with E-state index < -0.39 is 10.0 Å². The van der Waals surface area contributed by atoms with Crippen molar-refractivity contribution in [1.29, 1.82) is 0 Å². The van der Waals surface area contributed by atoms with Crippen molar-refractivity contribution < 1.29 is 22.5 Å². The van der Waals surface area contributed by atoms with Gasteiger partial charge >= 0.3 is 0 Å². The molecule has 9 heteroatoms. The van der Waals surface area contributed by atoms with Crippen molar-refractivity contribution in [1.82, 2.24) is 5.16 Å². The fourth-order valence-electron chi connectivity index (χ4n) is 3.16. The molecule has 1 aromatic heterocycles.